The number of aromatic nitrogens is 2. The number of carbonyl (C=O) groups is 4. The maximum atomic E-state index is 12.9. The van der Waals surface area contributed by atoms with E-state index in [4.69, 9.17) is 25.8 Å². The van der Waals surface area contributed by atoms with Gasteiger partial charge in [-0.3, -0.25) is 19.6 Å². The molecule has 1 aromatic rings. The van der Waals surface area contributed by atoms with Crippen LogP contribution in [-0.4, -0.2) is 157 Å². The lowest BCUT2D eigenvalue weighted by atomic mass is 9.81. The number of carboxylic acids is 1. The average Bonchev–Trinajstić information content (AvgIpc) is 3.62. The highest BCUT2D eigenvalue weighted by Gasteiger charge is 2.55. The minimum Gasteiger partial charge on any atom is -0.479 e. The van der Waals surface area contributed by atoms with Crippen molar-refractivity contribution in [3.05, 3.63) is 16.9 Å². The van der Waals surface area contributed by atoms with Crippen molar-refractivity contribution in [3.8, 4) is 0 Å². The topological polar surface area (TPSA) is 236 Å². The van der Waals surface area contributed by atoms with Gasteiger partial charge >= 0.3 is 12.1 Å². The van der Waals surface area contributed by atoms with E-state index in [1.165, 1.54) is 13.0 Å². The van der Waals surface area contributed by atoms with E-state index in [-0.39, 0.29) is 23.8 Å². The summed E-state index contributed by atoms with van der Waals surface area (Å²) >= 11 is 5.75. The van der Waals surface area contributed by atoms with Gasteiger partial charge in [0.2, 0.25) is 5.91 Å². The molecule has 0 unspecified atom stereocenters. The number of halogens is 1. The number of aliphatic hydroxyl groups is 3. The Labute approximate surface area is 276 Å². The molecule has 3 amide bonds. The number of carboxylic acid groups (broad SMARTS) is 1. The van der Waals surface area contributed by atoms with Crippen molar-refractivity contribution < 1.29 is 53.8 Å². The van der Waals surface area contributed by atoms with Gasteiger partial charge in [-0.2, -0.15) is 5.10 Å². The van der Waals surface area contributed by atoms with Gasteiger partial charge in [0.05, 0.1) is 37.0 Å². The van der Waals surface area contributed by atoms with E-state index in [1.807, 2.05) is 0 Å². The smallest absolute Gasteiger partial charge is 0.410 e. The number of aliphatic hydroxyl groups excluding tert-OH is 3. The molecule has 0 radical (unpaired) electrons. The predicted octanol–water partition coefficient (Wildman–Crippen LogP) is -0.905. The number of H-pyrrole nitrogens is 1. The predicted molar refractivity (Wildman–Crippen MR) is 164 cm³/mol. The van der Waals surface area contributed by atoms with Gasteiger partial charge in [-0.05, 0) is 27.2 Å². The second-order valence-corrected chi connectivity index (χ2v) is 13.8. The number of aromatic amines is 1. The molecule has 3 aliphatic rings. The third kappa shape index (κ3) is 8.70. The number of nitrogens with zero attached hydrogens (tertiary/aromatic N) is 3. The lowest BCUT2D eigenvalue weighted by Crippen LogP contribution is -2.68. The molecule has 0 saturated carbocycles. The Balaban J connectivity index is 1.50. The van der Waals surface area contributed by atoms with Crippen molar-refractivity contribution in [3.63, 3.8) is 0 Å². The summed E-state index contributed by atoms with van der Waals surface area (Å²) in [6.45, 7) is 8.05. The van der Waals surface area contributed by atoms with Gasteiger partial charge in [-0.1, -0.05) is 11.6 Å². The molecule has 7 atom stereocenters. The summed E-state index contributed by atoms with van der Waals surface area (Å²) in [6, 6.07) is -0.0227. The van der Waals surface area contributed by atoms with Gasteiger partial charge in [-0.25, -0.2) is 9.59 Å². The van der Waals surface area contributed by atoms with Crippen LogP contribution >= 0.6 is 11.6 Å². The summed E-state index contributed by atoms with van der Waals surface area (Å²) in [6.07, 6.45) is -7.08. The standard InChI is InChI=1S/C29H45ClN6O11/c1-16(37)32-21-18(38)12-29(25(42)43,46-23(21)22(40)19(39)13-31-24(41)17-11-20(30)34-33-17)6-8-36-9-10-45-15-28(36)5-7-35(14-28)26(44)47-27(2,3)4/h11,18-19,21-23,38-40H,5-10,12-15H2,1-4H3,(H,31,41)(H,32,37)(H,33,34)(H,42,43)/t18-,19+,21+,22+,23+,28-,29+/m0/s1. The molecular formula is C29H45ClN6O11. The van der Waals surface area contributed by atoms with Crippen molar-refractivity contribution in [2.75, 3.05) is 45.9 Å². The largest absolute Gasteiger partial charge is 0.479 e. The van der Waals surface area contributed by atoms with Crippen molar-refractivity contribution in [2.45, 2.75) is 94.2 Å². The summed E-state index contributed by atoms with van der Waals surface area (Å²) in [5.74, 6) is -2.70. The van der Waals surface area contributed by atoms with E-state index in [0.29, 0.717) is 39.3 Å². The van der Waals surface area contributed by atoms with E-state index in [1.54, 1.807) is 25.7 Å². The van der Waals surface area contributed by atoms with Crippen LogP contribution in [0.5, 0.6) is 0 Å². The molecular weight excluding hydrogens is 644 g/mol. The molecule has 4 heterocycles. The Bertz CT molecular complexity index is 1310. The Morgan fingerprint density at radius 1 is 1.26 bits per heavy atom. The quantitative estimate of drug-likeness (QED) is 0.158. The third-order valence-electron chi connectivity index (χ3n) is 8.73. The molecule has 18 heteroatoms. The second kappa shape index (κ2) is 14.6. The summed E-state index contributed by atoms with van der Waals surface area (Å²) in [7, 11) is 0. The summed E-state index contributed by atoms with van der Waals surface area (Å²) in [5, 5.41) is 54.8. The van der Waals surface area contributed by atoms with Crippen LogP contribution in [0.1, 0.15) is 57.4 Å². The molecule has 0 aliphatic carbocycles. The lowest BCUT2D eigenvalue weighted by molar-refractivity contribution is -0.231. The first kappa shape index (κ1) is 36.8. The van der Waals surface area contributed by atoms with E-state index < -0.39 is 84.0 Å². The molecule has 4 rings (SSSR count). The fourth-order valence-corrected chi connectivity index (χ4v) is 6.50. The molecule has 3 fully saturated rings. The summed E-state index contributed by atoms with van der Waals surface area (Å²) in [4.78, 5) is 53.7. The van der Waals surface area contributed by atoms with Crippen LogP contribution in [0.25, 0.3) is 0 Å². The summed E-state index contributed by atoms with van der Waals surface area (Å²) in [5.41, 5.74) is -3.38. The molecule has 1 aromatic heterocycles. The molecule has 7 N–H and O–H groups in total. The highest BCUT2D eigenvalue weighted by Crippen LogP contribution is 2.38. The number of likely N-dealkylation sites (tertiary alicyclic amines) is 1. The van der Waals surface area contributed by atoms with Gasteiger partial charge < -0.3 is 50.2 Å². The van der Waals surface area contributed by atoms with Crippen molar-refractivity contribution in [1.82, 2.24) is 30.6 Å². The van der Waals surface area contributed by atoms with Crippen LogP contribution < -0.4 is 10.6 Å². The minimum absolute atomic E-state index is 0.0700. The monoisotopic (exact) mass is 688 g/mol. The minimum atomic E-state index is -2.03. The fourth-order valence-electron chi connectivity index (χ4n) is 6.35. The van der Waals surface area contributed by atoms with Crippen molar-refractivity contribution in [2.24, 2.45) is 0 Å². The SMILES string of the molecule is CC(=O)N[C@H]1[C@H]([C@H](O)[C@H](O)CNC(=O)c2cc(Cl)[nH]n2)O[C@@](CCN2CCOC[C@@]23CCN(C(=O)OC(C)(C)C)C3)(C(=O)O)C[C@@H]1O. The number of carbonyl (C=O) groups excluding carboxylic acids is 3. The lowest BCUT2D eigenvalue weighted by Gasteiger charge is -2.49. The second-order valence-electron chi connectivity index (χ2n) is 13.4. The highest BCUT2D eigenvalue weighted by molar-refractivity contribution is 6.29. The molecule has 47 heavy (non-hydrogen) atoms. The fraction of sp³-hybridized carbons (Fsp3) is 0.759. The molecule has 0 aromatic carbocycles. The zero-order chi connectivity index (χ0) is 34.7. The Hall–Kier alpha value is -3.06. The van der Waals surface area contributed by atoms with Crippen LogP contribution in [0.3, 0.4) is 0 Å². The number of ether oxygens (including phenoxy) is 3. The molecule has 3 aliphatic heterocycles. The van der Waals surface area contributed by atoms with E-state index in [9.17, 15) is 39.6 Å². The van der Waals surface area contributed by atoms with Gasteiger partial charge in [0, 0.05) is 58.6 Å². The van der Waals surface area contributed by atoms with Gasteiger partial charge in [0.1, 0.15) is 23.0 Å². The molecule has 17 nitrogen and oxygen atoms in total. The van der Waals surface area contributed by atoms with Gasteiger partial charge in [0.25, 0.3) is 5.91 Å². The first-order valence-corrected chi connectivity index (χ1v) is 15.9. The summed E-state index contributed by atoms with van der Waals surface area (Å²) < 4.78 is 17.4. The Morgan fingerprint density at radius 3 is 2.60 bits per heavy atom. The van der Waals surface area contributed by atoms with Crippen LogP contribution in [0, 0.1) is 0 Å². The normalized spacial score (nSPS) is 29.7. The van der Waals surface area contributed by atoms with Gasteiger partial charge in [-0.15, -0.1) is 0 Å². The number of hydrogen-bond acceptors (Lipinski definition) is 12. The molecule has 264 valence electrons. The first-order chi connectivity index (χ1) is 21.9. The van der Waals surface area contributed by atoms with Crippen LogP contribution in [0.2, 0.25) is 5.15 Å². The maximum absolute atomic E-state index is 12.9. The maximum Gasteiger partial charge on any atom is 0.410 e. The van der Waals surface area contributed by atoms with E-state index >= 15 is 0 Å². The molecule has 3 saturated heterocycles. The van der Waals surface area contributed by atoms with Crippen molar-refractivity contribution >= 4 is 35.5 Å². The van der Waals surface area contributed by atoms with E-state index in [2.05, 4.69) is 25.7 Å². The number of hydrogen-bond donors (Lipinski definition) is 7. The highest BCUT2D eigenvalue weighted by atomic mass is 35.5. The zero-order valence-corrected chi connectivity index (χ0v) is 27.7. The average molecular weight is 689 g/mol. The zero-order valence-electron chi connectivity index (χ0n) is 26.9. The number of morpholine rings is 1. The first-order valence-electron chi connectivity index (χ1n) is 15.5. The number of amides is 3. The Morgan fingerprint density at radius 2 is 1.98 bits per heavy atom. The van der Waals surface area contributed by atoms with Crippen LogP contribution in [0.15, 0.2) is 6.07 Å². The van der Waals surface area contributed by atoms with Crippen molar-refractivity contribution in [1.29, 1.82) is 0 Å². The van der Waals surface area contributed by atoms with E-state index in [0.717, 1.165) is 0 Å². The number of nitrogens with one attached hydrogen (secondary N) is 3. The molecule has 1 spiro atoms. The Kier molecular flexibility index (Phi) is 11.4. The number of aliphatic carboxylic acids is 1. The number of rotatable bonds is 10. The van der Waals surface area contributed by atoms with Gasteiger partial charge in [0.15, 0.2) is 11.3 Å². The van der Waals surface area contributed by atoms with Crippen LogP contribution in [-0.2, 0) is 23.8 Å². The van der Waals surface area contributed by atoms with Crippen LogP contribution in [0.4, 0.5) is 4.79 Å². The third-order valence-corrected chi connectivity index (χ3v) is 8.92. The molecule has 0 bridgehead atoms.